The molecule has 4 heterocycles. The van der Waals surface area contributed by atoms with Gasteiger partial charge in [-0.05, 0) is 56.1 Å². The van der Waals surface area contributed by atoms with Crippen molar-refractivity contribution in [2.75, 3.05) is 31.7 Å². The number of fused-ring (bicyclic) bond motifs is 2. The number of nitrogens with zero attached hydrogens (tertiary/aromatic N) is 3. The summed E-state index contributed by atoms with van der Waals surface area (Å²) in [5, 5.41) is 7.45. The standard InChI is InChI=1S/C23H27N5O3S/c1-3-28-8-4-5-16(28)11-25-22(29)20-14(2)19-21(26-12-27-23(19)32-20)24-10-15-6-7-17-18(9-15)31-13-30-17/h6-7,9,12,16H,3-5,8,10-11,13H2,1-2H3,(H,25,29)(H,24,26,27). The maximum atomic E-state index is 13.0. The summed E-state index contributed by atoms with van der Waals surface area (Å²) in [5.74, 6) is 2.22. The molecule has 1 atom stereocenters. The Morgan fingerprint density at radius 2 is 2.16 bits per heavy atom. The minimum Gasteiger partial charge on any atom is -0.454 e. The zero-order chi connectivity index (χ0) is 22.1. The van der Waals surface area contributed by atoms with Gasteiger partial charge in [0.1, 0.15) is 17.0 Å². The molecular formula is C23H27N5O3S. The lowest BCUT2D eigenvalue weighted by atomic mass is 10.1. The highest BCUT2D eigenvalue weighted by atomic mass is 32.1. The molecule has 2 aromatic heterocycles. The number of ether oxygens (including phenoxy) is 2. The first-order valence-corrected chi connectivity index (χ1v) is 11.8. The fourth-order valence-corrected chi connectivity index (χ4v) is 5.56. The van der Waals surface area contributed by atoms with E-state index in [1.165, 1.54) is 17.8 Å². The molecule has 2 aliphatic heterocycles. The highest BCUT2D eigenvalue weighted by Gasteiger charge is 2.25. The van der Waals surface area contributed by atoms with E-state index in [1.807, 2.05) is 25.1 Å². The molecular weight excluding hydrogens is 426 g/mol. The lowest BCUT2D eigenvalue weighted by Crippen LogP contribution is -2.39. The molecule has 0 aliphatic carbocycles. The van der Waals surface area contributed by atoms with Gasteiger partial charge in [-0.3, -0.25) is 9.69 Å². The first kappa shape index (κ1) is 21.0. The van der Waals surface area contributed by atoms with Gasteiger partial charge in [-0.25, -0.2) is 9.97 Å². The van der Waals surface area contributed by atoms with Crippen molar-refractivity contribution >= 4 is 33.3 Å². The van der Waals surface area contributed by atoms with Gasteiger partial charge in [-0.2, -0.15) is 0 Å². The van der Waals surface area contributed by atoms with Crippen molar-refractivity contribution in [3.63, 3.8) is 0 Å². The van der Waals surface area contributed by atoms with Gasteiger partial charge in [0.05, 0.1) is 10.3 Å². The van der Waals surface area contributed by atoms with Crippen molar-refractivity contribution in [2.24, 2.45) is 0 Å². The molecule has 3 aromatic rings. The number of likely N-dealkylation sites (N-methyl/N-ethyl adjacent to an activating group) is 1. The highest BCUT2D eigenvalue weighted by Crippen LogP contribution is 2.35. The summed E-state index contributed by atoms with van der Waals surface area (Å²) in [6, 6.07) is 6.31. The second-order valence-electron chi connectivity index (χ2n) is 8.13. The summed E-state index contributed by atoms with van der Waals surface area (Å²) in [6.45, 7) is 7.80. The first-order chi connectivity index (χ1) is 15.6. The number of nitrogens with one attached hydrogen (secondary N) is 2. The summed E-state index contributed by atoms with van der Waals surface area (Å²) >= 11 is 1.42. The fraction of sp³-hybridized carbons (Fsp3) is 0.435. The van der Waals surface area contributed by atoms with Crippen molar-refractivity contribution in [1.29, 1.82) is 0 Å². The molecule has 0 saturated carbocycles. The van der Waals surface area contributed by atoms with Crippen molar-refractivity contribution in [2.45, 2.75) is 39.3 Å². The Bertz CT molecular complexity index is 1150. The number of amides is 1. The van der Waals surface area contributed by atoms with Gasteiger partial charge in [0.25, 0.3) is 5.91 Å². The maximum Gasteiger partial charge on any atom is 0.261 e. The molecule has 1 saturated heterocycles. The van der Waals surface area contributed by atoms with Gasteiger partial charge < -0.3 is 20.1 Å². The Hall–Kier alpha value is -2.91. The van der Waals surface area contributed by atoms with Crippen molar-refractivity contribution in [3.05, 3.63) is 40.5 Å². The maximum absolute atomic E-state index is 13.0. The molecule has 1 fully saturated rings. The molecule has 0 bridgehead atoms. The molecule has 0 radical (unpaired) electrons. The van der Waals surface area contributed by atoms with E-state index < -0.39 is 0 Å². The van der Waals surface area contributed by atoms with E-state index in [1.54, 1.807) is 6.33 Å². The largest absolute Gasteiger partial charge is 0.454 e. The van der Waals surface area contributed by atoms with Crippen LogP contribution in [-0.4, -0.2) is 53.2 Å². The third-order valence-corrected chi connectivity index (χ3v) is 7.43. The third-order valence-electron chi connectivity index (χ3n) is 6.23. The number of thiophene rings is 1. The van der Waals surface area contributed by atoms with Crippen LogP contribution in [0, 0.1) is 6.92 Å². The minimum atomic E-state index is -0.0322. The van der Waals surface area contributed by atoms with Crippen LogP contribution in [0.3, 0.4) is 0 Å². The number of hydrogen-bond acceptors (Lipinski definition) is 8. The van der Waals surface area contributed by atoms with Crippen LogP contribution in [0.5, 0.6) is 11.5 Å². The predicted octanol–water partition coefficient (Wildman–Crippen LogP) is 3.55. The Kier molecular flexibility index (Phi) is 5.84. The average molecular weight is 454 g/mol. The van der Waals surface area contributed by atoms with Crippen LogP contribution in [0.15, 0.2) is 24.5 Å². The number of rotatable bonds is 7. The number of carbonyl (C=O) groups is 1. The summed E-state index contributed by atoms with van der Waals surface area (Å²) in [4.78, 5) is 25.8. The molecule has 5 rings (SSSR count). The smallest absolute Gasteiger partial charge is 0.261 e. The lowest BCUT2D eigenvalue weighted by Gasteiger charge is -2.22. The topological polar surface area (TPSA) is 88.6 Å². The first-order valence-electron chi connectivity index (χ1n) is 11.0. The number of aromatic nitrogens is 2. The summed E-state index contributed by atoms with van der Waals surface area (Å²) in [6.07, 6.45) is 3.88. The van der Waals surface area contributed by atoms with E-state index in [-0.39, 0.29) is 12.7 Å². The van der Waals surface area contributed by atoms with Crippen LogP contribution in [0.1, 0.15) is 40.6 Å². The number of likely N-dealkylation sites (tertiary alicyclic amines) is 1. The minimum absolute atomic E-state index is 0.0322. The predicted molar refractivity (Wildman–Crippen MR) is 125 cm³/mol. The van der Waals surface area contributed by atoms with Crippen LogP contribution >= 0.6 is 11.3 Å². The fourth-order valence-electron chi connectivity index (χ4n) is 4.49. The van der Waals surface area contributed by atoms with Gasteiger partial charge in [-0.15, -0.1) is 11.3 Å². The number of aryl methyl sites for hydroxylation is 1. The molecule has 2 N–H and O–H groups in total. The molecule has 168 valence electrons. The molecule has 9 heteroatoms. The van der Waals surface area contributed by atoms with E-state index in [9.17, 15) is 4.79 Å². The Morgan fingerprint density at radius 1 is 1.28 bits per heavy atom. The number of hydrogen-bond donors (Lipinski definition) is 2. The van der Waals surface area contributed by atoms with Gasteiger partial charge in [0.15, 0.2) is 11.5 Å². The van der Waals surface area contributed by atoms with Crippen molar-refractivity contribution < 1.29 is 14.3 Å². The van der Waals surface area contributed by atoms with Crippen molar-refractivity contribution in [3.8, 4) is 11.5 Å². The van der Waals surface area contributed by atoms with Crippen LogP contribution in [-0.2, 0) is 6.54 Å². The molecule has 1 unspecified atom stereocenters. The van der Waals surface area contributed by atoms with E-state index >= 15 is 0 Å². The monoisotopic (exact) mass is 453 g/mol. The Balaban J connectivity index is 1.31. The number of carbonyl (C=O) groups excluding carboxylic acids is 1. The second-order valence-corrected chi connectivity index (χ2v) is 9.13. The van der Waals surface area contributed by atoms with Gasteiger partial charge in [0.2, 0.25) is 6.79 Å². The molecule has 1 amide bonds. The van der Waals surface area contributed by atoms with Crippen molar-refractivity contribution in [1.82, 2.24) is 20.2 Å². The van der Waals surface area contributed by atoms with E-state index in [2.05, 4.69) is 32.4 Å². The lowest BCUT2D eigenvalue weighted by molar-refractivity contribution is 0.0945. The summed E-state index contributed by atoms with van der Waals surface area (Å²) in [7, 11) is 0. The third kappa shape index (κ3) is 3.98. The zero-order valence-electron chi connectivity index (χ0n) is 18.3. The van der Waals surface area contributed by atoms with Crippen LogP contribution in [0.4, 0.5) is 5.82 Å². The molecule has 0 spiro atoms. The van der Waals surface area contributed by atoms with Crippen LogP contribution in [0.25, 0.3) is 10.2 Å². The van der Waals surface area contributed by atoms with E-state index in [0.29, 0.717) is 24.0 Å². The van der Waals surface area contributed by atoms with Crippen LogP contribution in [0.2, 0.25) is 0 Å². The molecule has 1 aromatic carbocycles. The highest BCUT2D eigenvalue weighted by molar-refractivity contribution is 7.20. The van der Waals surface area contributed by atoms with Gasteiger partial charge in [-0.1, -0.05) is 13.0 Å². The quantitative estimate of drug-likeness (QED) is 0.565. The second kappa shape index (κ2) is 8.91. The average Bonchev–Trinajstić information content (AvgIpc) is 3.54. The number of anilines is 1. The summed E-state index contributed by atoms with van der Waals surface area (Å²) < 4.78 is 10.8. The zero-order valence-corrected chi connectivity index (χ0v) is 19.1. The van der Waals surface area contributed by atoms with Gasteiger partial charge >= 0.3 is 0 Å². The molecule has 8 nitrogen and oxygen atoms in total. The van der Waals surface area contributed by atoms with E-state index in [4.69, 9.17) is 9.47 Å². The Morgan fingerprint density at radius 3 is 3.03 bits per heavy atom. The Labute approximate surface area is 191 Å². The number of benzene rings is 1. The van der Waals surface area contributed by atoms with Gasteiger partial charge in [0, 0.05) is 19.1 Å². The molecule has 32 heavy (non-hydrogen) atoms. The SMILES string of the molecule is CCN1CCCC1CNC(=O)c1sc2ncnc(NCc3ccc4c(c3)OCO4)c2c1C. The van der Waals surface area contributed by atoms with Crippen LogP contribution < -0.4 is 20.1 Å². The normalized spacial score (nSPS) is 17.8. The molecule has 2 aliphatic rings. The summed E-state index contributed by atoms with van der Waals surface area (Å²) in [5.41, 5.74) is 1.97. The van der Waals surface area contributed by atoms with E-state index in [0.717, 1.165) is 58.2 Å².